The quantitative estimate of drug-likeness (QED) is 0.677. The molecular weight excluding hydrogens is 322 g/mol. The molecule has 0 saturated carbocycles. The summed E-state index contributed by atoms with van der Waals surface area (Å²) in [6.07, 6.45) is 0. The van der Waals surface area contributed by atoms with Gasteiger partial charge in [0.1, 0.15) is 16.3 Å². The number of rotatable bonds is 8. The first-order valence-corrected chi connectivity index (χ1v) is 8.03. The summed E-state index contributed by atoms with van der Waals surface area (Å²) in [6.45, 7) is -0.825. The third-order valence-corrected chi connectivity index (χ3v) is 5.39. The number of carboxylic acid groups (broad SMARTS) is 1. The number of nitrogens with zero attached hydrogens (tertiary/aromatic N) is 1. The van der Waals surface area contributed by atoms with Crippen molar-refractivity contribution >= 4 is 33.3 Å². The summed E-state index contributed by atoms with van der Waals surface area (Å²) < 4.78 is 35.0. The van der Waals surface area contributed by atoms with Gasteiger partial charge in [0.25, 0.3) is 0 Å². The first-order chi connectivity index (χ1) is 9.84. The molecule has 0 aliphatic rings. The van der Waals surface area contributed by atoms with E-state index in [9.17, 15) is 18.0 Å². The van der Waals surface area contributed by atoms with Crippen molar-refractivity contribution in [3.8, 4) is 0 Å². The molecule has 0 saturated heterocycles. The van der Waals surface area contributed by atoms with Crippen molar-refractivity contribution in [2.45, 2.75) is 4.90 Å². The summed E-state index contributed by atoms with van der Waals surface area (Å²) in [6, 6.07) is 1.24. The zero-order chi connectivity index (χ0) is 16.0. The second kappa shape index (κ2) is 7.50. The van der Waals surface area contributed by atoms with E-state index >= 15 is 0 Å². The van der Waals surface area contributed by atoms with E-state index in [-0.39, 0.29) is 22.9 Å². The lowest BCUT2D eigenvalue weighted by atomic mass is 10.5. The Hall–Kier alpha value is -1.49. The van der Waals surface area contributed by atoms with Gasteiger partial charge in [-0.1, -0.05) is 0 Å². The molecule has 0 aliphatic heterocycles. The molecular formula is C11H15NO7S2. The molecule has 0 bridgehead atoms. The van der Waals surface area contributed by atoms with Gasteiger partial charge in [-0.25, -0.2) is 13.2 Å². The van der Waals surface area contributed by atoms with E-state index in [0.717, 1.165) is 22.8 Å². The monoisotopic (exact) mass is 337 g/mol. The van der Waals surface area contributed by atoms with Crippen LogP contribution in [0.2, 0.25) is 0 Å². The van der Waals surface area contributed by atoms with E-state index in [1.165, 1.54) is 18.6 Å². The van der Waals surface area contributed by atoms with Crippen molar-refractivity contribution in [2.24, 2.45) is 0 Å². The molecule has 0 aromatic carbocycles. The first kappa shape index (κ1) is 17.6. The van der Waals surface area contributed by atoms with Crippen LogP contribution >= 0.6 is 11.3 Å². The minimum absolute atomic E-state index is 0.0319. The molecule has 0 spiro atoms. The second-order valence-corrected chi connectivity index (χ2v) is 6.65. The highest BCUT2D eigenvalue weighted by molar-refractivity contribution is 7.89. The second-order valence-electron chi connectivity index (χ2n) is 3.83. The van der Waals surface area contributed by atoms with Crippen LogP contribution in [0.15, 0.2) is 16.3 Å². The average molecular weight is 337 g/mol. The predicted molar refractivity (Wildman–Crippen MR) is 73.9 cm³/mol. The first-order valence-electron chi connectivity index (χ1n) is 5.71. The average Bonchev–Trinajstić information content (AvgIpc) is 2.92. The summed E-state index contributed by atoms with van der Waals surface area (Å²) in [4.78, 5) is 22.0. The van der Waals surface area contributed by atoms with Gasteiger partial charge in [0.05, 0.1) is 13.7 Å². The van der Waals surface area contributed by atoms with Crippen LogP contribution in [-0.4, -0.2) is 63.7 Å². The number of carboxylic acids is 1. The lowest BCUT2D eigenvalue weighted by Gasteiger charge is -2.19. The lowest BCUT2D eigenvalue weighted by Crippen LogP contribution is -2.38. The van der Waals surface area contributed by atoms with Crippen LogP contribution < -0.4 is 0 Å². The maximum atomic E-state index is 12.5. The highest BCUT2D eigenvalue weighted by Crippen LogP contribution is 2.25. The number of aliphatic carboxylic acids is 1. The molecule has 0 unspecified atom stereocenters. The molecule has 0 amide bonds. The number of ether oxygens (including phenoxy) is 2. The Morgan fingerprint density at radius 2 is 2.05 bits per heavy atom. The summed E-state index contributed by atoms with van der Waals surface area (Å²) >= 11 is 0.910. The van der Waals surface area contributed by atoms with E-state index in [2.05, 4.69) is 4.74 Å². The Morgan fingerprint density at radius 3 is 2.57 bits per heavy atom. The van der Waals surface area contributed by atoms with Crippen LogP contribution in [0, 0.1) is 0 Å². The number of esters is 1. The number of hydrogen-bond donors (Lipinski definition) is 1. The summed E-state index contributed by atoms with van der Waals surface area (Å²) in [5.41, 5.74) is 0. The maximum absolute atomic E-state index is 12.5. The zero-order valence-corrected chi connectivity index (χ0v) is 13.1. The van der Waals surface area contributed by atoms with Gasteiger partial charge in [-0.2, -0.15) is 4.31 Å². The molecule has 0 radical (unpaired) electrons. The number of carbonyl (C=O) groups is 2. The van der Waals surface area contributed by atoms with Crippen molar-refractivity contribution < 1.29 is 32.6 Å². The fraction of sp³-hybridized carbons (Fsp3) is 0.455. The van der Waals surface area contributed by atoms with Crippen LogP contribution in [0.25, 0.3) is 0 Å². The zero-order valence-electron chi connectivity index (χ0n) is 11.4. The van der Waals surface area contributed by atoms with Gasteiger partial charge in [-0.05, 0) is 11.4 Å². The van der Waals surface area contributed by atoms with Gasteiger partial charge in [-0.3, -0.25) is 4.79 Å². The third kappa shape index (κ3) is 4.24. The fourth-order valence-corrected chi connectivity index (χ4v) is 4.19. The Labute approximate surface area is 125 Å². The van der Waals surface area contributed by atoms with Crippen molar-refractivity contribution in [3.63, 3.8) is 0 Å². The SMILES string of the molecule is COCCN(CC(=O)O)S(=O)(=O)c1ccsc1C(=O)OC. The number of sulfonamides is 1. The lowest BCUT2D eigenvalue weighted by molar-refractivity contribution is -0.137. The minimum atomic E-state index is -4.13. The van der Waals surface area contributed by atoms with Crippen molar-refractivity contribution in [1.29, 1.82) is 0 Å². The van der Waals surface area contributed by atoms with Crippen molar-refractivity contribution in [1.82, 2.24) is 4.31 Å². The predicted octanol–water partition coefficient (Wildman–Crippen LogP) is 0.256. The number of hydrogen-bond acceptors (Lipinski definition) is 7. The molecule has 0 atom stereocenters. The molecule has 21 heavy (non-hydrogen) atoms. The van der Waals surface area contributed by atoms with Crippen LogP contribution in [0.4, 0.5) is 0 Å². The maximum Gasteiger partial charge on any atom is 0.349 e. The molecule has 0 aliphatic carbocycles. The topological polar surface area (TPSA) is 110 Å². The molecule has 8 nitrogen and oxygen atoms in total. The van der Waals surface area contributed by atoms with Gasteiger partial charge in [-0.15, -0.1) is 11.3 Å². The number of thiophene rings is 1. The normalized spacial score (nSPS) is 11.6. The van der Waals surface area contributed by atoms with Gasteiger partial charge in [0, 0.05) is 13.7 Å². The van der Waals surface area contributed by atoms with Gasteiger partial charge >= 0.3 is 11.9 Å². The van der Waals surface area contributed by atoms with Gasteiger partial charge < -0.3 is 14.6 Å². The number of carbonyl (C=O) groups excluding carboxylic acids is 1. The fourth-order valence-electron chi connectivity index (χ4n) is 1.51. The van der Waals surface area contributed by atoms with Crippen LogP contribution in [0.1, 0.15) is 9.67 Å². The van der Waals surface area contributed by atoms with E-state index in [0.29, 0.717) is 0 Å². The van der Waals surface area contributed by atoms with E-state index in [1.807, 2.05) is 0 Å². The molecule has 118 valence electrons. The molecule has 1 rings (SSSR count). The van der Waals surface area contributed by atoms with Crippen LogP contribution in [0.3, 0.4) is 0 Å². The Bertz CT molecular complexity index is 608. The largest absolute Gasteiger partial charge is 0.480 e. The smallest absolute Gasteiger partial charge is 0.349 e. The molecule has 0 fully saturated rings. The van der Waals surface area contributed by atoms with E-state index in [4.69, 9.17) is 9.84 Å². The molecule has 1 aromatic rings. The molecule has 1 N–H and O–H groups in total. The minimum Gasteiger partial charge on any atom is -0.480 e. The molecule has 1 heterocycles. The summed E-state index contributed by atoms with van der Waals surface area (Å²) in [7, 11) is -1.62. The van der Waals surface area contributed by atoms with Crippen molar-refractivity contribution in [3.05, 3.63) is 16.3 Å². The standard InChI is InChI=1S/C11H15NO7S2/c1-18-5-4-12(7-9(13)14)21(16,17)8-3-6-20-10(8)11(15)19-2/h3,6H,4-5,7H2,1-2H3,(H,13,14). The Kier molecular flexibility index (Phi) is 6.27. The van der Waals surface area contributed by atoms with E-state index < -0.39 is 28.5 Å². The Balaban J connectivity index is 3.19. The van der Waals surface area contributed by atoms with Gasteiger partial charge in [0.2, 0.25) is 10.0 Å². The third-order valence-electron chi connectivity index (χ3n) is 2.47. The highest BCUT2D eigenvalue weighted by Gasteiger charge is 2.31. The van der Waals surface area contributed by atoms with Crippen LogP contribution in [-0.2, 0) is 24.3 Å². The number of methoxy groups -OCH3 is 2. The van der Waals surface area contributed by atoms with Crippen LogP contribution in [0.5, 0.6) is 0 Å². The highest BCUT2D eigenvalue weighted by atomic mass is 32.2. The van der Waals surface area contributed by atoms with Gasteiger partial charge in [0.15, 0.2) is 0 Å². The molecule has 1 aromatic heterocycles. The van der Waals surface area contributed by atoms with Crippen molar-refractivity contribution in [2.75, 3.05) is 33.9 Å². The summed E-state index contributed by atoms with van der Waals surface area (Å²) in [5.74, 6) is -2.09. The molecule has 10 heteroatoms. The summed E-state index contributed by atoms with van der Waals surface area (Å²) in [5, 5.41) is 10.3. The Morgan fingerprint density at radius 1 is 1.38 bits per heavy atom. The van der Waals surface area contributed by atoms with E-state index in [1.54, 1.807) is 0 Å².